The van der Waals surface area contributed by atoms with Gasteiger partial charge in [-0.05, 0) is 42.9 Å². The van der Waals surface area contributed by atoms with Crippen LogP contribution in [-0.4, -0.2) is 18.5 Å². The molecule has 4 heteroatoms. The molecule has 1 unspecified atom stereocenters. The number of benzene rings is 1. The molecule has 1 aromatic heterocycles. The van der Waals surface area contributed by atoms with E-state index in [1.807, 2.05) is 18.2 Å². The Morgan fingerprint density at radius 3 is 2.59 bits per heavy atom. The van der Waals surface area contributed by atoms with Gasteiger partial charge in [-0.15, -0.1) is 0 Å². The minimum atomic E-state index is -0.182. The average Bonchev–Trinajstić information content (AvgIpc) is 3.28. The molecule has 1 heterocycles. The normalized spacial score (nSPS) is 15.5. The Morgan fingerprint density at radius 2 is 2.00 bits per heavy atom. The summed E-state index contributed by atoms with van der Waals surface area (Å²) in [7, 11) is 0. The monoisotopic (exact) mass is 298 g/mol. The summed E-state index contributed by atoms with van der Waals surface area (Å²) in [5, 5.41) is 2.97. The van der Waals surface area contributed by atoms with Crippen molar-refractivity contribution in [1.29, 1.82) is 0 Å². The van der Waals surface area contributed by atoms with Crippen molar-refractivity contribution in [2.75, 3.05) is 6.54 Å². The molecule has 3 rings (SSSR count). The standard InChI is InChI=1S/C18H22N2O2/c1-2-12-3-5-14(6-4-12)16-9-10-17(22-16)18(21)20-15(11-19)13-7-8-13/h3-6,9-10,13,15H,2,7-8,11,19H2,1H3,(H,20,21). The van der Waals surface area contributed by atoms with Gasteiger partial charge in [-0.2, -0.15) is 0 Å². The van der Waals surface area contributed by atoms with Gasteiger partial charge in [0.25, 0.3) is 5.91 Å². The minimum absolute atomic E-state index is 0.0601. The predicted octanol–water partition coefficient (Wildman–Crippen LogP) is 2.98. The molecule has 0 saturated heterocycles. The molecular formula is C18H22N2O2. The number of hydrogen-bond acceptors (Lipinski definition) is 3. The summed E-state index contributed by atoms with van der Waals surface area (Å²) in [6.07, 6.45) is 3.30. The number of rotatable bonds is 6. The molecule has 116 valence electrons. The molecule has 2 aromatic rings. The number of aryl methyl sites for hydroxylation is 1. The number of nitrogens with two attached hydrogens (primary N) is 1. The predicted molar refractivity (Wildman–Crippen MR) is 86.6 cm³/mol. The van der Waals surface area contributed by atoms with Crippen molar-refractivity contribution in [1.82, 2.24) is 5.32 Å². The first-order valence-corrected chi connectivity index (χ1v) is 7.91. The highest BCUT2D eigenvalue weighted by atomic mass is 16.3. The number of carbonyl (C=O) groups excluding carboxylic acids is 1. The van der Waals surface area contributed by atoms with E-state index in [1.54, 1.807) is 6.07 Å². The summed E-state index contributed by atoms with van der Waals surface area (Å²) >= 11 is 0. The second kappa shape index (κ2) is 6.36. The lowest BCUT2D eigenvalue weighted by Crippen LogP contribution is -2.41. The van der Waals surface area contributed by atoms with E-state index >= 15 is 0 Å². The zero-order chi connectivity index (χ0) is 15.5. The van der Waals surface area contributed by atoms with E-state index in [2.05, 4.69) is 24.4 Å². The molecule has 0 bridgehead atoms. The second-order valence-corrected chi connectivity index (χ2v) is 5.87. The van der Waals surface area contributed by atoms with Gasteiger partial charge in [0.05, 0.1) is 0 Å². The maximum Gasteiger partial charge on any atom is 0.287 e. The van der Waals surface area contributed by atoms with E-state index in [0.29, 0.717) is 24.0 Å². The number of furan rings is 1. The number of hydrogen-bond donors (Lipinski definition) is 2. The van der Waals surface area contributed by atoms with Crippen LogP contribution in [0.15, 0.2) is 40.8 Å². The maximum absolute atomic E-state index is 12.2. The molecule has 1 saturated carbocycles. The molecule has 1 amide bonds. The molecule has 1 atom stereocenters. The van der Waals surface area contributed by atoms with Crippen LogP contribution in [-0.2, 0) is 6.42 Å². The molecule has 1 aliphatic rings. The zero-order valence-corrected chi connectivity index (χ0v) is 12.8. The van der Waals surface area contributed by atoms with E-state index in [1.165, 1.54) is 5.56 Å². The third kappa shape index (κ3) is 3.22. The Balaban J connectivity index is 1.70. The van der Waals surface area contributed by atoms with Crippen molar-refractivity contribution in [3.63, 3.8) is 0 Å². The first-order chi connectivity index (χ1) is 10.7. The SMILES string of the molecule is CCc1ccc(-c2ccc(C(=O)NC(CN)C3CC3)o2)cc1. The van der Waals surface area contributed by atoms with Gasteiger partial charge in [-0.25, -0.2) is 0 Å². The third-order valence-corrected chi connectivity index (χ3v) is 4.24. The first-order valence-electron chi connectivity index (χ1n) is 7.91. The fraction of sp³-hybridized carbons (Fsp3) is 0.389. The fourth-order valence-corrected chi connectivity index (χ4v) is 2.63. The van der Waals surface area contributed by atoms with Crippen molar-refractivity contribution in [3.05, 3.63) is 47.7 Å². The van der Waals surface area contributed by atoms with Crippen molar-refractivity contribution in [3.8, 4) is 11.3 Å². The average molecular weight is 298 g/mol. The molecule has 3 N–H and O–H groups in total. The highest BCUT2D eigenvalue weighted by Gasteiger charge is 2.31. The second-order valence-electron chi connectivity index (χ2n) is 5.87. The Kier molecular flexibility index (Phi) is 4.29. The quantitative estimate of drug-likeness (QED) is 0.861. The van der Waals surface area contributed by atoms with Gasteiger partial charge in [0.1, 0.15) is 5.76 Å². The molecule has 4 nitrogen and oxygen atoms in total. The largest absolute Gasteiger partial charge is 0.451 e. The van der Waals surface area contributed by atoms with E-state index in [0.717, 1.165) is 24.8 Å². The summed E-state index contributed by atoms with van der Waals surface area (Å²) in [4.78, 5) is 12.2. The summed E-state index contributed by atoms with van der Waals surface area (Å²) in [5.41, 5.74) is 7.98. The van der Waals surface area contributed by atoms with Crippen LogP contribution in [0.3, 0.4) is 0 Å². The van der Waals surface area contributed by atoms with Crippen molar-refractivity contribution in [2.45, 2.75) is 32.2 Å². The van der Waals surface area contributed by atoms with Gasteiger partial charge in [0.15, 0.2) is 5.76 Å². The van der Waals surface area contributed by atoms with Gasteiger partial charge in [0, 0.05) is 18.2 Å². The lowest BCUT2D eigenvalue weighted by molar-refractivity contribution is 0.0906. The Labute approximate surface area is 130 Å². The van der Waals surface area contributed by atoms with Crippen LogP contribution in [0.5, 0.6) is 0 Å². The van der Waals surface area contributed by atoms with E-state index < -0.39 is 0 Å². The maximum atomic E-state index is 12.2. The van der Waals surface area contributed by atoms with Gasteiger partial charge < -0.3 is 15.5 Å². The summed E-state index contributed by atoms with van der Waals surface area (Å²) < 4.78 is 5.70. The number of nitrogens with one attached hydrogen (secondary N) is 1. The molecule has 0 spiro atoms. The topological polar surface area (TPSA) is 68.3 Å². The molecule has 1 aliphatic carbocycles. The van der Waals surface area contributed by atoms with Crippen LogP contribution in [0.4, 0.5) is 0 Å². The van der Waals surface area contributed by atoms with Crippen molar-refractivity contribution >= 4 is 5.91 Å². The zero-order valence-electron chi connectivity index (χ0n) is 12.8. The van der Waals surface area contributed by atoms with E-state index in [-0.39, 0.29) is 11.9 Å². The van der Waals surface area contributed by atoms with Crippen molar-refractivity contribution in [2.24, 2.45) is 11.7 Å². The van der Waals surface area contributed by atoms with Gasteiger partial charge >= 0.3 is 0 Å². The number of amides is 1. The summed E-state index contributed by atoms with van der Waals surface area (Å²) in [6, 6.07) is 11.8. The first kappa shape index (κ1) is 14.9. The molecule has 0 radical (unpaired) electrons. The van der Waals surface area contributed by atoms with Crippen LogP contribution < -0.4 is 11.1 Å². The van der Waals surface area contributed by atoms with Gasteiger partial charge in [-0.1, -0.05) is 31.2 Å². The summed E-state index contributed by atoms with van der Waals surface area (Å²) in [5.74, 6) is 1.40. The van der Waals surface area contributed by atoms with Gasteiger partial charge in [0.2, 0.25) is 0 Å². The highest BCUT2D eigenvalue weighted by molar-refractivity contribution is 5.92. The van der Waals surface area contributed by atoms with Crippen LogP contribution in [0.2, 0.25) is 0 Å². The molecule has 22 heavy (non-hydrogen) atoms. The lowest BCUT2D eigenvalue weighted by atomic mass is 10.1. The van der Waals surface area contributed by atoms with Crippen LogP contribution in [0.25, 0.3) is 11.3 Å². The molecule has 0 aliphatic heterocycles. The minimum Gasteiger partial charge on any atom is -0.451 e. The Bertz CT molecular complexity index is 641. The highest BCUT2D eigenvalue weighted by Crippen LogP contribution is 2.32. The van der Waals surface area contributed by atoms with E-state index in [9.17, 15) is 4.79 Å². The van der Waals surface area contributed by atoms with E-state index in [4.69, 9.17) is 10.2 Å². The smallest absolute Gasteiger partial charge is 0.287 e. The van der Waals surface area contributed by atoms with Crippen LogP contribution >= 0.6 is 0 Å². The Morgan fingerprint density at radius 1 is 1.27 bits per heavy atom. The van der Waals surface area contributed by atoms with Crippen molar-refractivity contribution < 1.29 is 9.21 Å². The molecule has 1 fully saturated rings. The fourth-order valence-electron chi connectivity index (χ4n) is 2.63. The third-order valence-electron chi connectivity index (χ3n) is 4.24. The van der Waals surface area contributed by atoms with Gasteiger partial charge in [-0.3, -0.25) is 4.79 Å². The molecular weight excluding hydrogens is 276 g/mol. The summed E-state index contributed by atoms with van der Waals surface area (Å²) in [6.45, 7) is 2.60. The van der Waals surface area contributed by atoms with Crippen LogP contribution in [0.1, 0.15) is 35.9 Å². The Hall–Kier alpha value is -2.07. The van der Waals surface area contributed by atoms with Crippen LogP contribution in [0, 0.1) is 5.92 Å². The molecule has 1 aromatic carbocycles. The lowest BCUT2D eigenvalue weighted by Gasteiger charge is -2.14. The number of carbonyl (C=O) groups is 1.